The van der Waals surface area contributed by atoms with Crippen molar-refractivity contribution >= 4 is 33.3 Å². The molecule has 0 aliphatic carbocycles. The SMILES string of the molecule is CC(=O)N1CCN(c2nc(C)nc3sc(C)c(C)c23)CC1. The molecule has 0 N–H and O–H groups in total. The minimum absolute atomic E-state index is 0.154. The van der Waals surface area contributed by atoms with Gasteiger partial charge in [-0.25, -0.2) is 9.97 Å². The lowest BCUT2D eigenvalue weighted by Gasteiger charge is -2.35. The lowest BCUT2D eigenvalue weighted by molar-refractivity contribution is -0.129. The maximum Gasteiger partial charge on any atom is 0.219 e. The van der Waals surface area contributed by atoms with Gasteiger partial charge in [-0.3, -0.25) is 4.79 Å². The number of piperazine rings is 1. The van der Waals surface area contributed by atoms with Crippen LogP contribution >= 0.6 is 11.3 Å². The number of carbonyl (C=O) groups is 1. The van der Waals surface area contributed by atoms with E-state index in [1.807, 2.05) is 11.8 Å². The molecule has 1 fully saturated rings. The molecule has 3 heterocycles. The van der Waals surface area contributed by atoms with E-state index in [1.54, 1.807) is 18.3 Å². The fourth-order valence-corrected chi connectivity index (χ4v) is 3.86. The van der Waals surface area contributed by atoms with Crippen LogP contribution in [0.5, 0.6) is 0 Å². The Morgan fingerprint density at radius 1 is 1.10 bits per heavy atom. The second kappa shape index (κ2) is 5.26. The van der Waals surface area contributed by atoms with E-state index in [-0.39, 0.29) is 5.91 Å². The van der Waals surface area contributed by atoms with E-state index in [1.165, 1.54) is 15.8 Å². The van der Waals surface area contributed by atoms with Gasteiger partial charge in [-0.1, -0.05) is 0 Å². The van der Waals surface area contributed by atoms with Crippen molar-refractivity contribution < 1.29 is 4.79 Å². The summed E-state index contributed by atoms with van der Waals surface area (Å²) >= 11 is 1.73. The summed E-state index contributed by atoms with van der Waals surface area (Å²) in [6.07, 6.45) is 0. The van der Waals surface area contributed by atoms with Gasteiger partial charge in [-0.15, -0.1) is 11.3 Å². The highest BCUT2D eigenvalue weighted by molar-refractivity contribution is 7.18. The number of aryl methyl sites for hydroxylation is 3. The van der Waals surface area contributed by atoms with E-state index in [2.05, 4.69) is 28.7 Å². The molecule has 3 rings (SSSR count). The van der Waals surface area contributed by atoms with Gasteiger partial charge < -0.3 is 9.80 Å². The molecule has 1 aliphatic rings. The minimum Gasteiger partial charge on any atom is -0.352 e. The highest BCUT2D eigenvalue weighted by atomic mass is 32.1. The molecule has 6 heteroatoms. The molecule has 5 nitrogen and oxygen atoms in total. The number of aromatic nitrogens is 2. The molecule has 0 radical (unpaired) electrons. The normalized spacial score (nSPS) is 15.8. The summed E-state index contributed by atoms with van der Waals surface area (Å²) < 4.78 is 0. The lowest BCUT2D eigenvalue weighted by Crippen LogP contribution is -2.48. The van der Waals surface area contributed by atoms with Gasteiger partial charge in [0.15, 0.2) is 0 Å². The smallest absolute Gasteiger partial charge is 0.219 e. The van der Waals surface area contributed by atoms with Gasteiger partial charge >= 0.3 is 0 Å². The molecule has 0 aromatic carbocycles. The lowest BCUT2D eigenvalue weighted by atomic mass is 10.2. The first-order valence-electron chi connectivity index (χ1n) is 7.22. The number of amides is 1. The van der Waals surface area contributed by atoms with Gasteiger partial charge in [0.1, 0.15) is 16.5 Å². The first kappa shape index (κ1) is 14.3. The molecule has 0 unspecified atom stereocenters. The fourth-order valence-electron chi connectivity index (χ4n) is 2.79. The molecule has 2 aromatic heterocycles. The van der Waals surface area contributed by atoms with Crippen LogP contribution < -0.4 is 4.90 Å². The van der Waals surface area contributed by atoms with E-state index in [9.17, 15) is 4.79 Å². The van der Waals surface area contributed by atoms with Crippen LogP contribution in [0.2, 0.25) is 0 Å². The number of hydrogen-bond donors (Lipinski definition) is 0. The average Bonchev–Trinajstić information content (AvgIpc) is 2.73. The molecule has 1 saturated heterocycles. The van der Waals surface area contributed by atoms with Gasteiger partial charge in [0.2, 0.25) is 5.91 Å². The number of anilines is 1. The molecule has 112 valence electrons. The fraction of sp³-hybridized carbons (Fsp3) is 0.533. The zero-order valence-electron chi connectivity index (χ0n) is 12.9. The quantitative estimate of drug-likeness (QED) is 0.811. The van der Waals surface area contributed by atoms with Gasteiger partial charge in [-0.05, 0) is 26.3 Å². The van der Waals surface area contributed by atoms with Crippen LogP contribution in [0.25, 0.3) is 10.2 Å². The summed E-state index contributed by atoms with van der Waals surface area (Å²) in [5.41, 5.74) is 1.28. The third-order valence-electron chi connectivity index (χ3n) is 4.15. The van der Waals surface area contributed by atoms with Crippen molar-refractivity contribution in [1.29, 1.82) is 0 Å². The molecule has 1 aliphatic heterocycles. The maximum absolute atomic E-state index is 11.4. The summed E-state index contributed by atoms with van der Waals surface area (Å²) in [6.45, 7) is 11.0. The van der Waals surface area contributed by atoms with Crippen molar-refractivity contribution in [2.45, 2.75) is 27.7 Å². The van der Waals surface area contributed by atoms with Crippen molar-refractivity contribution in [2.24, 2.45) is 0 Å². The maximum atomic E-state index is 11.4. The zero-order valence-corrected chi connectivity index (χ0v) is 13.8. The molecule has 2 aromatic rings. The second-order valence-electron chi connectivity index (χ2n) is 5.55. The van der Waals surface area contributed by atoms with Crippen LogP contribution in [0.3, 0.4) is 0 Å². The highest BCUT2D eigenvalue weighted by Crippen LogP contribution is 2.35. The topological polar surface area (TPSA) is 49.3 Å². The number of thiophene rings is 1. The Bertz CT molecular complexity index is 701. The average molecular weight is 304 g/mol. The van der Waals surface area contributed by atoms with E-state index in [0.29, 0.717) is 0 Å². The number of rotatable bonds is 1. The Morgan fingerprint density at radius 2 is 1.76 bits per heavy atom. The Hall–Kier alpha value is -1.69. The van der Waals surface area contributed by atoms with E-state index in [4.69, 9.17) is 0 Å². The van der Waals surface area contributed by atoms with Crippen LogP contribution in [-0.4, -0.2) is 47.0 Å². The molecule has 0 saturated carbocycles. The monoisotopic (exact) mass is 304 g/mol. The number of hydrogen-bond acceptors (Lipinski definition) is 5. The Balaban J connectivity index is 1.99. The van der Waals surface area contributed by atoms with Gasteiger partial charge in [0.25, 0.3) is 0 Å². The van der Waals surface area contributed by atoms with Crippen LogP contribution in [-0.2, 0) is 4.79 Å². The third kappa shape index (κ3) is 2.48. The molecule has 0 spiro atoms. The largest absolute Gasteiger partial charge is 0.352 e. The molecule has 21 heavy (non-hydrogen) atoms. The molecule has 0 atom stereocenters. The predicted molar refractivity (Wildman–Crippen MR) is 86.1 cm³/mol. The van der Waals surface area contributed by atoms with Gasteiger partial charge in [0, 0.05) is 38.0 Å². The van der Waals surface area contributed by atoms with Crippen molar-refractivity contribution in [3.05, 3.63) is 16.3 Å². The van der Waals surface area contributed by atoms with Gasteiger partial charge in [0.05, 0.1) is 5.39 Å². The van der Waals surface area contributed by atoms with Crippen LogP contribution in [0.1, 0.15) is 23.2 Å². The van der Waals surface area contributed by atoms with E-state index >= 15 is 0 Å². The summed E-state index contributed by atoms with van der Waals surface area (Å²) in [7, 11) is 0. The summed E-state index contributed by atoms with van der Waals surface area (Å²) in [4.78, 5) is 27.3. The second-order valence-corrected chi connectivity index (χ2v) is 6.75. The molecule has 0 bridgehead atoms. The molecular formula is C15H20N4OS. The number of fused-ring (bicyclic) bond motifs is 1. The standard InChI is InChI=1S/C15H20N4OS/c1-9-10(2)21-15-13(9)14(16-11(3)17-15)19-7-5-18(6-8-19)12(4)20/h5-8H2,1-4H3. The third-order valence-corrected chi connectivity index (χ3v) is 5.25. The minimum atomic E-state index is 0.154. The summed E-state index contributed by atoms with van der Waals surface area (Å²) in [5.74, 6) is 2.00. The number of carbonyl (C=O) groups excluding carboxylic acids is 1. The Labute approximate surface area is 128 Å². The first-order chi connectivity index (χ1) is 9.97. The van der Waals surface area contributed by atoms with E-state index < -0.39 is 0 Å². The first-order valence-corrected chi connectivity index (χ1v) is 8.04. The summed E-state index contributed by atoms with van der Waals surface area (Å²) in [6, 6.07) is 0. The van der Waals surface area contributed by atoms with Crippen LogP contribution in [0.15, 0.2) is 0 Å². The zero-order chi connectivity index (χ0) is 15.1. The van der Waals surface area contributed by atoms with Crippen molar-refractivity contribution in [3.63, 3.8) is 0 Å². The van der Waals surface area contributed by atoms with Crippen molar-refractivity contribution in [1.82, 2.24) is 14.9 Å². The van der Waals surface area contributed by atoms with Crippen LogP contribution in [0.4, 0.5) is 5.82 Å². The Morgan fingerprint density at radius 3 is 2.38 bits per heavy atom. The Kier molecular flexibility index (Phi) is 3.57. The van der Waals surface area contributed by atoms with E-state index in [0.717, 1.165) is 42.7 Å². The van der Waals surface area contributed by atoms with Crippen molar-refractivity contribution in [2.75, 3.05) is 31.1 Å². The number of nitrogens with zero attached hydrogens (tertiary/aromatic N) is 4. The van der Waals surface area contributed by atoms with Gasteiger partial charge in [-0.2, -0.15) is 0 Å². The highest BCUT2D eigenvalue weighted by Gasteiger charge is 2.23. The van der Waals surface area contributed by atoms with Crippen LogP contribution in [0, 0.1) is 20.8 Å². The molecular weight excluding hydrogens is 284 g/mol. The summed E-state index contributed by atoms with van der Waals surface area (Å²) in [5, 5.41) is 1.18. The van der Waals surface area contributed by atoms with Crippen molar-refractivity contribution in [3.8, 4) is 0 Å². The predicted octanol–water partition coefficient (Wildman–Crippen LogP) is 2.29. The molecule has 1 amide bonds.